The van der Waals surface area contributed by atoms with Gasteiger partial charge in [-0.1, -0.05) is 27.5 Å². The minimum absolute atomic E-state index is 0. The first kappa shape index (κ1) is 25.2. The number of hydrogen-bond donors (Lipinski definition) is 0. The van der Waals surface area contributed by atoms with E-state index in [9.17, 15) is 14.7 Å². The Balaban J connectivity index is 0.00000272. The molecule has 2 aromatic rings. The zero-order valence-electron chi connectivity index (χ0n) is 17.2. The van der Waals surface area contributed by atoms with Crippen LogP contribution in [0.25, 0.3) is 0 Å². The maximum atomic E-state index is 12.1. The molecule has 0 radical (unpaired) electrons. The summed E-state index contributed by atoms with van der Waals surface area (Å²) >= 11 is 13.6. The number of carbonyl (C=O) groups excluding carboxylic acids is 2. The van der Waals surface area contributed by atoms with Gasteiger partial charge in [0, 0.05) is 39.2 Å². The van der Waals surface area contributed by atoms with Crippen LogP contribution in [0.3, 0.4) is 0 Å². The van der Waals surface area contributed by atoms with Gasteiger partial charge in [-0.15, -0.1) is 0 Å². The van der Waals surface area contributed by atoms with Crippen LogP contribution in [0.1, 0.15) is 47.6 Å². The second-order valence-corrected chi connectivity index (χ2v) is 10.1. The summed E-state index contributed by atoms with van der Waals surface area (Å²) in [6, 6.07) is 6.14. The number of pyridine rings is 1. The molecule has 0 bridgehead atoms. The quantitative estimate of drug-likeness (QED) is 0.401. The number of piperidine rings is 1. The number of aliphatic carboxylic acids is 1. The van der Waals surface area contributed by atoms with Gasteiger partial charge in [-0.2, -0.15) is 0 Å². The predicted octanol–water partition coefficient (Wildman–Crippen LogP) is 0.873. The van der Waals surface area contributed by atoms with Crippen LogP contribution in [0.5, 0.6) is 0 Å². The second-order valence-electron chi connectivity index (χ2n) is 7.90. The molecule has 1 aromatic heterocycles. The van der Waals surface area contributed by atoms with Crippen molar-refractivity contribution in [3.63, 3.8) is 0 Å². The average molecular weight is 579 g/mol. The number of amides is 1. The van der Waals surface area contributed by atoms with Crippen LogP contribution in [-0.4, -0.2) is 34.8 Å². The Morgan fingerprint density at radius 3 is 2.48 bits per heavy atom. The van der Waals surface area contributed by atoms with Crippen molar-refractivity contribution in [2.24, 2.45) is 5.92 Å². The number of halogens is 3. The number of rotatable bonds is 3. The molecule has 0 spiro atoms. The molecule has 1 fully saturated rings. The molecule has 1 atom stereocenters. The van der Waals surface area contributed by atoms with Gasteiger partial charge in [0.1, 0.15) is 0 Å². The fourth-order valence-electron chi connectivity index (χ4n) is 4.75. The van der Waals surface area contributed by atoms with Gasteiger partial charge in [0.2, 0.25) is 5.91 Å². The number of carboxylic acids is 1. The zero-order valence-corrected chi connectivity index (χ0v) is 23.1. The summed E-state index contributed by atoms with van der Waals surface area (Å²) in [5.41, 5.74) is 4.76. The SMILES string of the molecule is O=C([O-])CC(=O)N1CCC([C@H]2c3ncc(Br)cc3CCc3cc(Cl)cc(Br)c32)CC1.[Na+]. The van der Waals surface area contributed by atoms with Crippen LogP contribution in [-0.2, 0) is 22.4 Å². The summed E-state index contributed by atoms with van der Waals surface area (Å²) in [5.74, 6) is -1.32. The van der Waals surface area contributed by atoms with E-state index in [0.29, 0.717) is 24.0 Å². The van der Waals surface area contributed by atoms with Gasteiger partial charge in [0.15, 0.2) is 0 Å². The van der Waals surface area contributed by atoms with Gasteiger partial charge in [-0.05, 0) is 82.4 Å². The second kappa shape index (κ2) is 10.7. The molecule has 1 aliphatic carbocycles. The zero-order chi connectivity index (χ0) is 21.4. The molecule has 31 heavy (non-hydrogen) atoms. The molecule has 2 aliphatic rings. The van der Waals surface area contributed by atoms with Crippen LogP contribution in [0, 0.1) is 5.92 Å². The van der Waals surface area contributed by atoms with E-state index in [-0.39, 0.29) is 41.4 Å². The Labute approximate surface area is 225 Å². The molecule has 9 heteroatoms. The maximum Gasteiger partial charge on any atom is 1.00 e. The van der Waals surface area contributed by atoms with Crippen LogP contribution in [0.2, 0.25) is 5.02 Å². The van der Waals surface area contributed by atoms with Crippen LogP contribution < -0.4 is 34.7 Å². The molecule has 158 valence electrons. The van der Waals surface area contributed by atoms with Crippen molar-refractivity contribution in [1.82, 2.24) is 9.88 Å². The van der Waals surface area contributed by atoms with Gasteiger partial charge in [0.05, 0.1) is 18.1 Å². The summed E-state index contributed by atoms with van der Waals surface area (Å²) in [5, 5.41) is 11.5. The summed E-state index contributed by atoms with van der Waals surface area (Å²) in [6.45, 7) is 1.08. The fraction of sp³-hybridized carbons (Fsp3) is 0.409. The number of nitrogens with zero attached hydrogens (tertiary/aromatic N) is 2. The first-order valence-electron chi connectivity index (χ1n) is 9.93. The van der Waals surface area contributed by atoms with Crippen LogP contribution in [0.15, 0.2) is 33.3 Å². The number of hydrogen-bond acceptors (Lipinski definition) is 4. The van der Waals surface area contributed by atoms with Crippen molar-refractivity contribution in [3.05, 3.63) is 60.7 Å². The molecule has 1 saturated heterocycles. The van der Waals surface area contributed by atoms with Crippen molar-refractivity contribution in [3.8, 4) is 0 Å². The first-order valence-corrected chi connectivity index (χ1v) is 11.9. The Morgan fingerprint density at radius 1 is 1.13 bits per heavy atom. The third kappa shape index (κ3) is 5.56. The maximum absolute atomic E-state index is 12.1. The van der Waals surface area contributed by atoms with Gasteiger partial charge in [-0.25, -0.2) is 0 Å². The Hall–Kier alpha value is -0.440. The van der Waals surface area contributed by atoms with E-state index >= 15 is 0 Å². The minimum atomic E-state index is -1.33. The van der Waals surface area contributed by atoms with Crippen molar-refractivity contribution in [1.29, 1.82) is 0 Å². The van der Waals surface area contributed by atoms with Crippen LogP contribution in [0.4, 0.5) is 0 Å². The Kier molecular flexibility index (Phi) is 8.66. The molecule has 1 aromatic carbocycles. The molecule has 0 unspecified atom stereocenters. The van der Waals surface area contributed by atoms with E-state index in [1.165, 1.54) is 16.7 Å². The summed E-state index contributed by atoms with van der Waals surface area (Å²) in [4.78, 5) is 29.4. The fourth-order valence-corrected chi connectivity index (χ4v) is 6.25. The normalized spacial score (nSPS) is 18.4. The minimum Gasteiger partial charge on any atom is -0.550 e. The number of carboxylic acid groups (broad SMARTS) is 1. The molecule has 1 amide bonds. The smallest absolute Gasteiger partial charge is 0.550 e. The average Bonchev–Trinajstić information content (AvgIpc) is 2.84. The monoisotopic (exact) mass is 576 g/mol. The van der Waals surface area contributed by atoms with Gasteiger partial charge < -0.3 is 14.8 Å². The van der Waals surface area contributed by atoms with Gasteiger partial charge in [-0.3, -0.25) is 9.78 Å². The Morgan fingerprint density at radius 2 is 1.81 bits per heavy atom. The van der Waals surface area contributed by atoms with Crippen molar-refractivity contribution < 1.29 is 44.3 Å². The summed E-state index contributed by atoms with van der Waals surface area (Å²) in [6.07, 6.45) is 4.64. The van der Waals surface area contributed by atoms with Crippen molar-refractivity contribution in [2.75, 3.05) is 13.1 Å². The van der Waals surface area contributed by atoms with E-state index in [4.69, 9.17) is 16.6 Å². The van der Waals surface area contributed by atoms with E-state index in [1.807, 2.05) is 18.3 Å². The molecule has 5 nitrogen and oxygen atoms in total. The summed E-state index contributed by atoms with van der Waals surface area (Å²) < 4.78 is 1.95. The van der Waals surface area contributed by atoms with Crippen molar-refractivity contribution in [2.45, 2.75) is 38.0 Å². The number of benzene rings is 1. The number of likely N-dealkylation sites (tertiary alicyclic amines) is 1. The third-order valence-corrected chi connectivity index (χ3v) is 7.38. The number of fused-ring (bicyclic) bond motifs is 2. The van der Waals surface area contributed by atoms with Gasteiger partial charge >= 0.3 is 29.6 Å². The molecule has 4 rings (SSSR count). The molecular formula is C22H20Br2ClN2NaO3. The molecule has 0 N–H and O–H groups in total. The largest absolute Gasteiger partial charge is 1.00 e. The van der Waals surface area contributed by atoms with E-state index in [2.05, 4.69) is 37.9 Å². The standard InChI is InChI=1S/C22H21Br2ClN2O3.Na/c23-15-7-14-2-1-13-8-16(25)9-17(24)20(13)21(22(14)26-11-15)12-3-5-27(6-4-12)18(28)10-19(29)30;/h7-9,11-12,21H,1-6,10H2,(H,29,30);/q;+1/p-1/t21-;/m1./s1. The number of aromatic nitrogens is 1. The molecule has 2 heterocycles. The first-order chi connectivity index (χ1) is 14.3. The number of carbonyl (C=O) groups is 2. The summed E-state index contributed by atoms with van der Waals surface area (Å²) in [7, 11) is 0. The number of aryl methyl sites for hydroxylation is 2. The molecular weight excluding hydrogens is 559 g/mol. The van der Waals surface area contributed by atoms with Crippen molar-refractivity contribution >= 4 is 55.3 Å². The third-order valence-electron chi connectivity index (χ3n) is 6.08. The predicted molar refractivity (Wildman–Crippen MR) is 119 cm³/mol. The van der Waals surface area contributed by atoms with E-state index < -0.39 is 12.4 Å². The molecule has 1 aliphatic heterocycles. The van der Waals surface area contributed by atoms with Crippen LogP contribution >= 0.6 is 43.5 Å². The van der Waals surface area contributed by atoms with E-state index in [0.717, 1.165) is 40.3 Å². The topological polar surface area (TPSA) is 73.3 Å². The van der Waals surface area contributed by atoms with E-state index in [1.54, 1.807) is 4.90 Å². The molecule has 0 saturated carbocycles. The van der Waals surface area contributed by atoms with Gasteiger partial charge in [0.25, 0.3) is 0 Å². The Bertz CT molecular complexity index is 1010.